The highest BCUT2D eigenvalue weighted by Gasteiger charge is 2.31. The Labute approximate surface area is 199 Å². The molecule has 2 heterocycles. The van der Waals surface area contributed by atoms with Crippen LogP contribution in [0.25, 0.3) is 16.6 Å². The first kappa shape index (κ1) is 22.6. The van der Waals surface area contributed by atoms with Crippen molar-refractivity contribution in [2.45, 2.75) is 32.2 Å². The average molecular weight is 476 g/mol. The molecule has 0 unspecified atom stereocenters. The molecule has 1 amide bonds. The number of fused-ring (bicyclic) bond motifs is 1. The predicted molar refractivity (Wildman–Crippen MR) is 125 cm³/mol. The lowest BCUT2D eigenvalue weighted by atomic mass is 9.77. The second-order valence-corrected chi connectivity index (χ2v) is 8.54. The van der Waals surface area contributed by atoms with Crippen molar-refractivity contribution in [2.24, 2.45) is 5.92 Å². The van der Waals surface area contributed by atoms with Gasteiger partial charge in [0.15, 0.2) is 11.6 Å². The minimum Gasteiger partial charge on any atom is -0.408 e. The van der Waals surface area contributed by atoms with E-state index in [1.807, 2.05) is 0 Å². The molecule has 0 spiro atoms. The molecule has 1 aliphatic carbocycles. The van der Waals surface area contributed by atoms with Crippen molar-refractivity contribution >= 4 is 16.9 Å². The summed E-state index contributed by atoms with van der Waals surface area (Å²) in [6, 6.07) is 9.79. The van der Waals surface area contributed by atoms with Crippen LogP contribution in [0.2, 0.25) is 0 Å². The van der Waals surface area contributed by atoms with Crippen LogP contribution in [-0.4, -0.2) is 20.6 Å². The summed E-state index contributed by atoms with van der Waals surface area (Å²) in [5, 5.41) is 2.79. The summed E-state index contributed by atoms with van der Waals surface area (Å²) >= 11 is 0. The minimum absolute atomic E-state index is 0.0221. The number of pyridine rings is 1. The fourth-order valence-electron chi connectivity index (χ4n) is 4.50. The number of halogens is 2. The van der Waals surface area contributed by atoms with Gasteiger partial charge in [-0.05, 0) is 49.4 Å². The molecular weight excluding hydrogens is 454 g/mol. The number of rotatable bonds is 5. The van der Waals surface area contributed by atoms with Crippen LogP contribution >= 0.6 is 0 Å². The van der Waals surface area contributed by atoms with E-state index in [2.05, 4.69) is 15.3 Å². The minimum atomic E-state index is -0.788. The molecule has 4 aromatic rings. The number of hydrogen-bond acceptors (Lipinski definition) is 5. The molecule has 5 rings (SSSR count). The van der Waals surface area contributed by atoms with Gasteiger partial charge in [0.05, 0.1) is 23.3 Å². The zero-order valence-electron chi connectivity index (χ0n) is 18.9. The summed E-state index contributed by atoms with van der Waals surface area (Å²) in [5.74, 6) is -0.808. The van der Waals surface area contributed by atoms with Crippen molar-refractivity contribution in [1.29, 1.82) is 0 Å². The number of nitrogens with one attached hydrogen (secondary N) is 1. The normalized spacial score (nSPS) is 14.4. The molecule has 35 heavy (non-hydrogen) atoms. The molecule has 7 nitrogen and oxygen atoms in total. The third-order valence-corrected chi connectivity index (χ3v) is 6.41. The summed E-state index contributed by atoms with van der Waals surface area (Å²) in [6.07, 6.45) is 6.24. The van der Waals surface area contributed by atoms with Crippen LogP contribution in [-0.2, 0) is 0 Å². The van der Waals surface area contributed by atoms with Crippen molar-refractivity contribution in [3.8, 4) is 11.6 Å². The van der Waals surface area contributed by atoms with Crippen LogP contribution in [0.3, 0.4) is 0 Å². The van der Waals surface area contributed by atoms with Gasteiger partial charge >= 0.3 is 6.09 Å². The summed E-state index contributed by atoms with van der Waals surface area (Å²) in [6.45, 7) is 1.58. The maximum absolute atomic E-state index is 14.8. The van der Waals surface area contributed by atoms with Crippen molar-refractivity contribution < 1.29 is 18.3 Å². The molecule has 2 aromatic carbocycles. The second kappa shape index (κ2) is 9.25. The lowest BCUT2D eigenvalue weighted by molar-refractivity contribution is 0.176. The van der Waals surface area contributed by atoms with Gasteiger partial charge in [0.1, 0.15) is 11.6 Å². The Hall–Kier alpha value is -4.14. The van der Waals surface area contributed by atoms with Crippen molar-refractivity contribution in [1.82, 2.24) is 19.9 Å². The molecule has 0 radical (unpaired) electrons. The lowest BCUT2D eigenvalue weighted by Gasteiger charge is -2.34. The molecule has 0 bridgehead atoms. The molecule has 0 aliphatic heterocycles. The number of carbonyl (C=O) groups excluding carboxylic acids is 1. The van der Waals surface area contributed by atoms with E-state index in [1.165, 1.54) is 48.9 Å². The van der Waals surface area contributed by atoms with Crippen LogP contribution < -0.4 is 15.6 Å². The van der Waals surface area contributed by atoms with E-state index in [0.29, 0.717) is 5.56 Å². The van der Waals surface area contributed by atoms with E-state index in [-0.39, 0.29) is 34.0 Å². The van der Waals surface area contributed by atoms with E-state index in [1.54, 1.807) is 19.1 Å². The Morgan fingerprint density at radius 1 is 1.17 bits per heavy atom. The Morgan fingerprint density at radius 3 is 2.66 bits per heavy atom. The van der Waals surface area contributed by atoms with E-state index in [0.717, 1.165) is 23.8 Å². The molecular formula is C26H22F2N4O3. The number of carbonyl (C=O) groups is 1. The first-order valence-electron chi connectivity index (χ1n) is 11.3. The topological polar surface area (TPSA) is 86.1 Å². The van der Waals surface area contributed by atoms with Crippen LogP contribution in [0.4, 0.5) is 13.6 Å². The number of benzene rings is 2. The van der Waals surface area contributed by atoms with E-state index in [4.69, 9.17) is 4.74 Å². The van der Waals surface area contributed by atoms with Crippen LogP contribution in [0.15, 0.2) is 65.8 Å². The fraction of sp³-hybridized carbons (Fsp3) is 0.231. The molecule has 0 saturated heterocycles. The molecule has 1 aliphatic rings. The van der Waals surface area contributed by atoms with Crippen molar-refractivity contribution in [2.75, 3.05) is 0 Å². The molecule has 2 aromatic heterocycles. The quantitative estimate of drug-likeness (QED) is 0.438. The SMILES string of the molecule is Cc1c(OC(=O)N[C@H](c2cccc(F)c2)C2CCC2)c2cccc(F)c2c(=O)n1-c1cnccn1. The van der Waals surface area contributed by atoms with Gasteiger partial charge in [-0.3, -0.25) is 14.3 Å². The molecule has 9 heteroatoms. The summed E-state index contributed by atoms with van der Waals surface area (Å²) < 4.78 is 35.5. The number of amides is 1. The van der Waals surface area contributed by atoms with Gasteiger partial charge in [0.25, 0.3) is 5.56 Å². The largest absolute Gasteiger partial charge is 0.413 e. The maximum atomic E-state index is 14.8. The van der Waals surface area contributed by atoms with E-state index < -0.39 is 29.3 Å². The molecule has 1 atom stereocenters. The van der Waals surface area contributed by atoms with Gasteiger partial charge in [-0.2, -0.15) is 0 Å². The number of aromatic nitrogens is 3. The Morgan fingerprint density at radius 2 is 1.97 bits per heavy atom. The van der Waals surface area contributed by atoms with Gasteiger partial charge < -0.3 is 10.1 Å². The first-order valence-corrected chi connectivity index (χ1v) is 11.3. The third-order valence-electron chi connectivity index (χ3n) is 6.41. The smallest absolute Gasteiger partial charge is 0.408 e. The van der Waals surface area contributed by atoms with E-state index >= 15 is 0 Å². The average Bonchev–Trinajstić information content (AvgIpc) is 2.81. The number of ether oxygens (including phenoxy) is 1. The van der Waals surface area contributed by atoms with Crippen molar-refractivity contribution in [3.05, 3.63) is 94.3 Å². The van der Waals surface area contributed by atoms with Crippen LogP contribution in [0.5, 0.6) is 5.75 Å². The van der Waals surface area contributed by atoms with Crippen LogP contribution in [0.1, 0.15) is 36.6 Å². The van der Waals surface area contributed by atoms with Crippen LogP contribution in [0, 0.1) is 24.5 Å². The monoisotopic (exact) mass is 476 g/mol. The van der Waals surface area contributed by atoms with Gasteiger partial charge in [-0.25, -0.2) is 18.6 Å². The van der Waals surface area contributed by atoms with Gasteiger partial charge in [0.2, 0.25) is 0 Å². The Bertz CT molecular complexity index is 1470. The highest BCUT2D eigenvalue weighted by molar-refractivity contribution is 5.91. The summed E-state index contributed by atoms with van der Waals surface area (Å²) in [4.78, 5) is 34.4. The Balaban J connectivity index is 1.56. The zero-order chi connectivity index (χ0) is 24.5. The van der Waals surface area contributed by atoms with Gasteiger partial charge in [0, 0.05) is 17.8 Å². The molecule has 1 fully saturated rings. The molecule has 1 N–H and O–H groups in total. The standard InChI is InChI=1S/C26H22F2N4O3/c1-15-24(35-26(34)31-23(16-5-2-6-16)17-7-3-8-18(27)13-17)19-9-4-10-20(28)22(19)25(33)32(15)21-14-29-11-12-30-21/h3-4,7-14,16,23H,2,5-6H2,1H3,(H,31,34)/t23-/m0/s1. The molecule has 178 valence electrons. The maximum Gasteiger partial charge on any atom is 0.413 e. The number of nitrogens with zero attached hydrogens (tertiary/aromatic N) is 3. The molecule has 1 saturated carbocycles. The lowest BCUT2D eigenvalue weighted by Crippen LogP contribution is -2.38. The fourth-order valence-corrected chi connectivity index (χ4v) is 4.50. The van der Waals surface area contributed by atoms with Gasteiger partial charge in [-0.15, -0.1) is 0 Å². The van der Waals surface area contributed by atoms with E-state index in [9.17, 15) is 18.4 Å². The second-order valence-electron chi connectivity index (χ2n) is 8.54. The highest BCUT2D eigenvalue weighted by atomic mass is 19.1. The zero-order valence-corrected chi connectivity index (χ0v) is 18.9. The summed E-state index contributed by atoms with van der Waals surface area (Å²) in [7, 11) is 0. The Kier molecular flexibility index (Phi) is 5.98. The van der Waals surface area contributed by atoms with Gasteiger partial charge in [-0.1, -0.05) is 30.7 Å². The predicted octanol–water partition coefficient (Wildman–Crippen LogP) is 5.00. The summed E-state index contributed by atoms with van der Waals surface area (Å²) in [5.41, 5.74) is 0.259. The third kappa shape index (κ3) is 4.25. The number of hydrogen-bond donors (Lipinski definition) is 1. The van der Waals surface area contributed by atoms with Crippen molar-refractivity contribution in [3.63, 3.8) is 0 Å². The first-order chi connectivity index (χ1) is 16.9. The highest BCUT2D eigenvalue weighted by Crippen LogP contribution is 2.38.